The van der Waals surface area contributed by atoms with E-state index in [2.05, 4.69) is 18.2 Å². The van der Waals surface area contributed by atoms with Gasteiger partial charge in [-0.05, 0) is 49.9 Å². The predicted molar refractivity (Wildman–Crippen MR) is 69.2 cm³/mol. The molecule has 0 nitrogen and oxygen atoms in total. The van der Waals surface area contributed by atoms with Crippen LogP contribution in [0.5, 0.6) is 0 Å². The molecule has 0 spiro atoms. The van der Waals surface area contributed by atoms with Crippen LogP contribution in [0.15, 0.2) is 23.8 Å². The number of hydrogen-bond donors (Lipinski definition) is 0. The largest absolute Gasteiger partial charge is 0.0839 e. The normalized spacial score (nSPS) is 39.0. The average Bonchev–Trinajstić information content (AvgIpc) is 2.32. The van der Waals surface area contributed by atoms with Crippen LogP contribution in [-0.2, 0) is 0 Å². The van der Waals surface area contributed by atoms with Gasteiger partial charge in [0.2, 0.25) is 0 Å². The summed E-state index contributed by atoms with van der Waals surface area (Å²) in [5.74, 6) is 3.07. The zero-order valence-electron chi connectivity index (χ0n) is 10.3. The van der Waals surface area contributed by atoms with Crippen molar-refractivity contribution in [3.05, 3.63) is 23.8 Å². The van der Waals surface area contributed by atoms with Crippen molar-refractivity contribution >= 4 is 0 Å². The zero-order valence-corrected chi connectivity index (χ0v) is 10.3. The van der Waals surface area contributed by atoms with E-state index >= 15 is 0 Å². The Labute approximate surface area is 99.8 Å². The second-order valence-corrected chi connectivity index (χ2v) is 6.02. The van der Waals surface area contributed by atoms with Crippen LogP contribution in [0.4, 0.5) is 0 Å². The van der Waals surface area contributed by atoms with Crippen LogP contribution in [0.3, 0.4) is 0 Å². The Kier molecular flexibility index (Phi) is 3.17. The number of rotatable bonds is 0. The maximum atomic E-state index is 2.41. The lowest BCUT2D eigenvalue weighted by molar-refractivity contribution is 0.189. The Balaban J connectivity index is 1.71. The van der Waals surface area contributed by atoms with Gasteiger partial charge in [-0.1, -0.05) is 49.5 Å². The van der Waals surface area contributed by atoms with Crippen LogP contribution in [0, 0.1) is 17.8 Å². The number of hydrogen-bond acceptors (Lipinski definition) is 0. The minimum absolute atomic E-state index is 0.910. The summed E-state index contributed by atoms with van der Waals surface area (Å²) in [5.41, 5.74) is 1.77. The fourth-order valence-corrected chi connectivity index (χ4v) is 4.12. The van der Waals surface area contributed by atoms with Crippen LogP contribution >= 0.6 is 0 Å². The molecule has 0 radical (unpaired) electrons. The molecule has 0 N–H and O–H groups in total. The van der Waals surface area contributed by atoms with E-state index < -0.39 is 0 Å². The van der Waals surface area contributed by atoms with Crippen molar-refractivity contribution in [2.75, 3.05) is 0 Å². The Hall–Kier alpha value is -0.520. The van der Waals surface area contributed by atoms with Gasteiger partial charge in [-0.2, -0.15) is 0 Å². The van der Waals surface area contributed by atoms with Gasteiger partial charge < -0.3 is 0 Å². The molecule has 2 saturated carbocycles. The van der Waals surface area contributed by atoms with E-state index in [1.165, 1.54) is 57.8 Å². The van der Waals surface area contributed by atoms with Gasteiger partial charge in [0.05, 0.1) is 0 Å². The lowest BCUT2D eigenvalue weighted by Gasteiger charge is -2.36. The third-order valence-corrected chi connectivity index (χ3v) is 5.15. The molecule has 3 unspecified atom stereocenters. The van der Waals surface area contributed by atoms with Crippen LogP contribution in [0.2, 0.25) is 0 Å². The fraction of sp³-hybridized carbons (Fsp3) is 0.750. The molecule has 16 heavy (non-hydrogen) atoms. The van der Waals surface area contributed by atoms with Gasteiger partial charge in [-0.15, -0.1) is 0 Å². The summed E-state index contributed by atoms with van der Waals surface area (Å²) in [7, 11) is 0. The first-order chi connectivity index (χ1) is 7.93. The third kappa shape index (κ3) is 2.12. The quantitative estimate of drug-likeness (QED) is 0.542. The molecule has 3 rings (SSSR count). The summed E-state index contributed by atoms with van der Waals surface area (Å²) >= 11 is 0. The second-order valence-electron chi connectivity index (χ2n) is 6.02. The summed E-state index contributed by atoms with van der Waals surface area (Å²) in [5, 5.41) is 0. The fourth-order valence-electron chi connectivity index (χ4n) is 4.12. The van der Waals surface area contributed by atoms with Crippen molar-refractivity contribution in [3.63, 3.8) is 0 Å². The highest BCUT2D eigenvalue weighted by atomic mass is 14.3. The topological polar surface area (TPSA) is 0 Å². The van der Waals surface area contributed by atoms with Gasteiger partial charge in [0.25, 0.3) is 0 Å². The first kappa shape index (κ1) is 10.6. The Morgan fingerprint density at radius 1 is 0.875 bits per heavy atom. The summed E-state index contributed by atoms with van der Waals surface area (Å²) in [6, 6.07) is 0. The average molecular weight is 216 g/mol. The van der Waals surface area contributed by atoms with E-state index in [1.807, 2.05) is 0 Å². The maximum Gasteiger partial charge on any atom is -0.0165 e. The minimum Gasteiger partial charge on any atom is -0.0839 e. The van der Waals surface area contributed by atoms with Crippen LogP contribution in [0.25, 0.3) is 0 Å². The number of fused-ring (bicyclic) bond motifs is 2. The molecule has 3 atom stereocenters. The first-order valence-electron chi connectivity index (χ1n) is 7.29. The molecular formula is C16H24. The lowest BCUT2D eigenvalue weighted by atomic mass is 9.69. The first-order valence-corrected chi connectivity index (χ1v) is 7.29. The molecule has 0 aromatic heterocycles. The van der Waals surface area contributed by atoms with Gasteiger partial charge in [0.15, 0.2) is 0 Å². The van der Waals surface area contributed by atoms with Crippen LogP contribution < -0.4 is 0 Å². The van der Waals surface area contributed by atoms with Gasteiger partial charge in [0.1, 0.15) is 0 Å². The highest BCUT2D eigenvalue weighted by Crippen LogP contribution is 2.42. The Morgan fingerprint density at radius 2 is 1.69 bits per heavy atom. The molecule has 0 heteroatoms. The van der Waals surface area contributed by atoms with Crippen LogP contribution in [0.1, 0.15) is 57.8 Å². The Bertz CT molecular complexity index is 297. The second kappa shape index (κ2) is 4.77. The summed E-state index contributed by atoms with van der Waals surface area (Å²) < 4.78 is 0. The molecule has 0 aliphatic heterocycles. The van der Waals surface area contributed by atoms with E-state index in [4.69, 9.17) is 0 Å². The summed E-state index contributed by atoms with van der Waals surface area (Å²) in [6.07, 6.45) is 20.3. The van der Waals surface area contributed by atoms with Crippen molar-refractivity contribution < 1.29 is 0 Å². The molecule has 2 fully saturated rings. The summed E-state index contributed by atoms with van der Waals surface area (Å²) in [4.78, 5) is 0. The molecule has 0 aromatic rings. The van der Waals surface area contributed by atoms with Crippen molar-refractivity contribution in [2.45, 2.75) is 57.8 Å². The molecule has 0 saturated heterocycles. The molecule has 0 bridgehead atoms. The third-order valence-electron chi connectivity index (χ3n) is 5.15. The van der Waals surface area contributed by atoms with Crippen molar-refractivity contribution in [3.8, 4) is 0 Å². The lowest BCUT2D eigenvalue weighted by Crippen LogP contribution is -2.24. The van der Waals surface area contributed by atoms with Crippen LogP contribution in [-0.4, -0.2) is 0 Å². The minimum atomic E-state index is 0.910. The highest BCUT2D eigenvalue weighted by Gasteiger charge is 2.29. The number of allylic oxidation sites excluding steroid dienone is 4. The van der Waals surface area contributed by atoms with Gasteiger partial charge in [-0.3, -0.25) is 0 Å². The van der Waals surface area contributed by atoms with Crippen molar-refractivity contribution in [2.24, 2.45) is 17.8 Å². The molecule has 0 heterocycles. The van der Waals surface area contributed by atoms with Gasteiger partial charge in [0, 0.05) is 0 Å². The molecule has 0 aromatic carbocycles. The zero-order chi connectivity index (χ0) is 10.8. The highest BCUT2D eigenvalue weighted by molar-refractivity contribution is 5.21. The van der Waals surface area contributed by atoms with E-state index in [0.717, 1.165) is 17.8 Å². The van der Waals surface area contributed by atoms with E-state index in [9.17, 15) is 0 Å². The smallest absolute Gasteiger partial charge is 0.0165 e. The van der Waals surface area contributed by atoms with E-state index in [-0.39, 0.29) is 0 Å². The van der Waals surface area contributed by atoms with E-state index in [0.29, 0.717) is 0 Å². The standard InChI is InChI=1S/C16H24/c1-2-6-14-11-12-16-8-4-3-7-15(16)10-9-13(14)5-1/h1-2,5,14-16H,3-4,6-12H2. The van der Waals surface area contributed by atoms with E-state index in [1.54, 1.807) is 5.57 Å². The Morgan fingerprint density at radius 3 is 2.56 bits per heavy atom. The van der Waals surface area contributed by atoms with Gasteiger partial charge in [-0.25, -0.2) is 0 Å². The molecular weight excluding hydrogens is 192 g/mol. The van der Waals surface area contributed by atoms with Gasteiger partial charge >= 0.3 is 0 Å². The monoisotopic (exact) mass is 216 g/mol. The van der Waals surface area contributed by atoms with Crippen molar-refractivity contribution in [1.29, 1.82) is 0 Å². The summed E-state index contributed by atoms with van der Waals surface area (Å²) in [6.45, 7) is 0. The molecule has 3 aliphatic carbocycles. The predicted octanol–water partition coefficient (Wildman–Crippen LogP) is 4.87. The molecule has 0 amide bonds. The SMILES string of the molecule is C1=CCC2CCC3CCCCC3CCC2=C1. The molecule has 3 aliphatic rings. The molecule has 88 valence electrons. The van der Waals surface area contributed by atoms with Crippen molar-refractivity contribution in [1.82, 2.24) is 0 Å². The maximum absolute atomic E-state index is 2.41.